The molecular weight excluding hydrogens is 356 g/mol. The number of fused-ring (bicyclic) bond motifs is 1. The fourth-order valence-electron chi connectivity index (χ4n) is 3.37. The van der Waals surface area contributed by atoms with Gasteiger partial charge in [-0.1, -0.05) is 24.3 Å². The van der Waals surface area contributed by atoms with Gasteiger partial charge in [-0.3, -0.25) is 4.79 Å². The summed E-state index contributed by atoms with van der Waals surface area (Å²) in [5.41, 5.74) is 3.76. The summed E-state index contributed by atoms with van der Waals surface area (Å²) in [6.45, 7) is 2.63. The number of nitrogens with one attached hydrogen (secondary N) is 2. The van der Waals surface area contributed by atoms with Crippen LogP contribution in [0.15, 0.2) is 52.9 Å². The summed E-state index contributed by atoms with van der Waals surface area (Å²) in [6, 6.07) is 15.0. The summed E-state index contributed by atoms with van der Waals surface area (Å²) >= 11 is 0. The maximum Gasteiger partial charge on any atom is 0.251 e. The topological polar surface area (TPSA) is 100 Å². The average Bonchev–Trinajstić information content (AvgIpc) is 3.17. The van der Waals surface area contributed by atoms with Crippen LogP contribution in [0.1, 0.15) is 27.4 Å². The van der Waals surface area contributed by atoms with Gasteiger partial charge in [-0.2, -0.15) is 0 Å². The number of carbonyl (C=O) groups excluding carboxylic acids is 1. The van der Waals surface area contributed by atoms with Gasteiger partial charge in [0.25, 0.3) is 5.91 Å². The van der Waals surface area contributed by atoms with E-state index in [0.717, 1.165) is 18.5 Å². The molecule has 2 aromatic carbocycles. The number of hydrogen-bond donors (Lipinski definition) is 3. The van der Waals surface area contributed by atoms with Crippen molar-refractivity contribution >= 4 is 5.91 Å². The normalized spacial score (nSPS) is 17.0. The highest BCUT2D eigenvalue weighted by Crippen LogP contribution is 2.19. The summed E-state index contributed by atoms with van der Waals surface area (Å²) < 4.78 is 5.38. The highest BCUT2D eigenvalue weighted by molar-refractivity contribution is 5.94. The molecule has 1 aliphatic rings. The summed E-state index contributed by atoms with van der Waals surface area (Å²) in [6.07, 6.45) is 0.0730. The maximum absolute atomic E-state index is 12.4. The van der Waals surface area contributed by atoms with Crippen LogP contribution in [0.5, 0.6) is 0 Å². The van der Waals surface area contributed by atoms with Crippen molar-refractivity contribution in [1.29, 1.82) is 0 Å². The van der Waals surface area contributed by atoms with Gasteiger partial charge in [0.2, 0.25) is 11.8 Å². The Morgan fingerprint density at radius 3 is 2.68 bits per heavy atom. The zero-order valence-electron chi connectivity index (χ0n) is 15.6. The molecule has 4 rings (SSSR count). The number of hydrogen-bond acceptors (Lipinski definition) is 6. The second kappa shape index (κ2) is 7.92. The second-order valence-corrected chi connectivity index (χ2v) is 6.94. The molecule has 3 N–H and O–H groups in total. The van der Waals surface area contributed by atoms with Gasteiger partial charge in [-0.25, -0.2) is 0 Å². The highest BCUT2D eigenvalue weighted by atomic mass is 16.4. The Hall–Kier alpha value is -3.03. The molecule has 144 valence electrons. The minimum atomic E-state index is -0.669. The number of aliphatic hydroxyl groups is 1. The van der Waals surface area contributed by atoms with Crippen LogP contribution < -0.4 is 10.6 Å². The monoisotopic (exact) mass is 378 g/mol. The molecule has 2 heterocycles. The van der Waals surface area contributed by atoms with E-state index in [1.807, 2.05) is 12.1 Å². The smallest absolute Gasteiger partial charge is 0.251 e. The molecule has 1 unspecified atom stereocenters. The number of carbonyl (C=O) groups is 1. The highest BCUT2D eigenvalue weighted by Gasteiger charge is 2.24. The minimum absolute atomic E-state index is 0.0849. The Labute approximate surface area is 162 Å². The molecule has 0 saturated carbocycles. The predicted molar refractivity (Wildman–Crippen MR) is 104 cm³/mol. The van der Waals surface area contributed by atoms with E-state index in [1.165, 1.54) is 11.1 Å². The number of nitrogens with zero attached hydrogens (tertiary/aromatic N) is 2. The van der Waals surface area contributed by atoms with Gasteiger partial charge in [0.1, 0.15) is 0 Å². The van der Waals surface area contributed by atoms with E-state index in [0.29, 0.717) is 17.3 Å². The lowest BCUT2D eigenvalue weighted by atomic mass is 9.93. The molecule has 7 heteroatoms. The number of benzene rings is 2. The summed E-state index contributed by atoms with van der Waals surface area (Å²) in [4.78, 5) is 12.4. The van der Waals surface area contributed by atoms with E-state index in [4.69, 9.17) is 4.42 Å². The Kier molecular flexibility index (Phi) is 5.18. The third-order valence-corrected chi connectivity index (χ3v) is 4.97. The first kappa shape index (κ1) is 18.3. The number of aryl methyl sites for hydroxylation is 1. The van der Waals surface area contributed by atoms with Gasteiger partial charge in [-0.15, -0.1) is 10.2 Å². The van der Waals surface area contributed by atoms with Crippen molar-refractivity contribution in [1.82, 2.24) is 20.8 Å². The van der Waals surface area contributed by atoms with Gasteiger partial charge in [0, 0.05) is 37.2 Å². The first-order valence-corrected chi connectivity index (χ1v) is 9.27. The van der Waals surface area contributed by atoms with Crippen LogP contribution in [-0.2, 0) is 13.0 Å². The zero-order valence-corrected chi connectivity index (χ0v) is 15.6. The van der Waals surface area contributed by atoms with Crippen LogP contribution in [0.3, 0.4) is 0 Å². The summed E-state index contributed by atoms with van der Waals surface area (Å²) in [5.74, 6) is 0.678. The van der Waals surface area contributed by atoms with Gasteiger partial charge >= 0.3 is 0 Å². The Morgan fingerprint density at radius 2 is 1.96 bits per heavy atom. The van der Waals surface area contributed by atoms with E-state index in [1.54, 1.807) is 31.2 Å². The fraction of sp³-hybridized carbons (Fsp3) is 0.286. The van der Waals surface area contributed by atoms with Crippen LogP contribution in [0, 0.1) is 6.92 Å². The molecule has 1 aromatic heterocycles. The van der Waals surface area contributed by atoms with E-state index < -0.39 is 6.10 Å². The molecule has 0 radical (unpaired) electrons. The molecule has 28 heavy (non-hydrogen) atoms. The number of aliphatic hydroxyl groups excluding tert-OH is 1. The third-order valence-electron chi connectivity index (χ3n) is 4.97. The summed E-state index contributed by atoms with van der Waals surface area (Å²) in [5, 5.41) is 24.4. The molecule has 7 nitrogen and oxygen atoms in total. The average molecular weight is 378 g/mol. The van der Waals surface area contributed by atoms with Crippen LogP contribution >= 0.6 is 0 Å². The van der Waals surface area contributed by atoms with Crippen molar-refractivity contribution in [2.24, 2.45) is 0 Å². The fourth-order valence-corrected chi connectivity index (χ4v) is 3.37. The minimum Gasteiger partial charge on any atom is -0.421 e. The molecule has 1 amide bonds. The number of aromatic nitrogens is 2. The third kappa shape index (κ3) is 3.95. The van der Waals surface area contributed by atoms with Crippen molar-refractivity contribution < 1.29 is 14.3 Å². The SMILES string of the molecule is Cc1nnc(-c2ccc(C(=O)NCC(O)[C@@H]3Cc4ccccc4CN3)cc2)o1. The Morgan fingerprint density at radius 1 is 1.21 bits per heavy atom. The van der Waals surface area contributed by atoms with E-state index in [2.05, 4.69) is 33.0 Å². The first-order chi connectivity index (χ1) is 13.6. The van der Waals surface area contributed by atoms with Gasteiger partial charge in [0.15, 0.2) is 0 Å². The van der Waals surface area contributed by atoms with E-state index in [9.17, 15) is 9.90 Å². The van der Waals surface area contributed by atoms with Gasteiger partial charge in [0.05, 0.1) is 6.10 Å². The van der Waals surface area contributed by atoms with Crippen molar-refractivity contribution in [3.63, 3.8) is 0 Å². The lowest BCUT2D eigenvalue weighted by molar-refractivity contribution is 0.0870. The summed E-state index contributed by atoms with van der Waals surface area (Å²) in [7, 11) is 0. The zero-order chi connectivity index (χ0) is 19.5. The molecule has 0 saturated heterocycles. The first-order valence-electron chi connectivity index (χ1n) is 9.27. The lowest BCUT2D eigenvalue weighted by Gasteiger charge is -2.30. The molecule has 2 atom stereocenters. The van der Waals surface area contributed by atoms with Crippen LogP contribution in [0.4, 0.5) is 0 Å². The molecule has 1 aliphatic heterocycles. The van der Waals surface area contributed by atoms with E-state index >= 15 is 0 Å². The van der Waals surface area contributed by atoms with Crippen LogP contribution in [0.2, 0.25) is 0 Å². The molecule has 0 fully saturated rings. The molecule has 0 bridgehead atoms. The molecule has 0 aliphatic carbocycles. The lowest BCUT2D eigenvalue weighted by Crippen LogP contribution is -2.49. The van der Waals surface area contributed by atoms with Crippen molar-refractivity contribution in [3.05, 3.63) is 71.1 Å². The predicted octanol–water partition coefficient (Wildman–Crippen LogP) is 1.85. The largest absolute Gasteiger partial charge is 0.421 e. The van der Waals surface area contributed by atoms with E-state index in [-0.39, 0.29) is 18.5 Å². The standard InChI is InChI=1S/C21H22N4O3/c1-13-24-25-21(28-13)15-8-6-14(7-9-15)20(27)23-12-19(26)18-10-16-4-2-3-5-17(16)11-22-18/h2-9,18-19,22,26H,10-12H2,1H3,(H,23,27)/t18-,19?/m0/s1. The molecule has 0 spiro atoms. The second-order valence-electron chi connectivity index (χ2n) is 6.94. The van der Waals surface area contributed by atoms with Crippen LogP contribution in [0.25, 0.3) is 11.5 Å². The number of rotatable bonds is 5. The van der Waals surface area contributed by atoms with Gasteiger partial charge < -0.3 is 20.2 Å². The van der Waals surface area contributed by atoms with Crippen molar-refractivity contribution in [2.45, 2.75) is 32.0 Å². The quantitative estimate of drug-likeness (QED) is 0.627. The Balaban J connectivity index is 1.33. The number of amides is 1. The molecule has 3 aromatic rings. The maximum atomic E-state index is 12.4. The molecular formula is C21H22N4O3. The Bertz CT molecular complexity index is 968. The van der Waals surface area contributed by atoms with Crippen LogP contribution in [-0.4, -0.2) is 39.9 Å². The van der Waals surface area contributed by atoms with Crippen molar-refractivity contribution in [2.75, 3.05) is 6.54 Å². The van der Waals surface area contributed by atoms with Crippen molar-refractivity contribution in [3.8, 4) is 11.5 Å². The van der Waals surface area contributed by atoms with Gasteiger partial charge in [-0.05, 0) is 41.8 Å².